The molecular formula is C10H16O2. The zero-order valence-electron chi connectivity index (χ0n) is 8.02. The molecule has 68 valence electrons. The van der Waals surface area contributed by atoms with Crippen LogP contribution in [0.25, 0.3) is 0 Å². The molecule has 12 heavy (non-hydrogen) atoms. The molecule has 0 N–H and O–H groups in total. The van der Waals surface area contributed by atoms with Crippen LogP contribution in [0.4, 0.5) is 0 Å². The highest BCUT2D eigenvalue weighted by atomic mass is 16.5. The van der Waals surface area contributed by atoms with Crippen molar-refractivity contribution in [2.24, 2.45) is 5.41 Å². The largest absolute Gasteiger partial charge is 0.497 e. The molecule has 0 aliphatic heterocycles. The van der Waals surface area contributed by atoms with Gasteiger partial charge in [0.2, 0.25) is 0 Å². The Labute approximate surface area is 73.6 Å². The monoisotopic (exact) mass is 168 g/mol. The maximum atomic E-state index is 10.8. The lowest BCUT2D eigenvalue weighted by Gasteiger charge is -2.18. The van der Waals surface area contributed by atoms with Crippen molar-refractivity contribution in [3.8, 4) is 0 Å². The highest BCUT2D eigenvalue weighted by Gasteiger charge is 2.16. The van der Waals surface area contributed by atoms with Gasteiger partial charge >= 0.3 is 0 Å². The first kappa shape index (κ1) is 9.30. The van der Waals surface area contributed by atoms with Crippen LogP contribution >= 0.6 is 0 Å². The molecule has 0 heterocycles. The average Bonchev–Trinajstić information content (AvgIpc) is 2.30. The zero-order chi connectivity index (χ0) is 9.19. The van der Waals surface area contributed by atoms with Gasteiger partial charge in [-0.15, -0.1) is 0 Å². The first-order valence-electron chi connectivity index (χ1n) is 4.33. The van der Waals surface area contributed by atoms with Crippen LogP contribution in [0.3, 0.4) is 0 Å². The van der Waals surface area contributed by atoms with Crippen molar-refractivity contribution in [2.75, 3.05) is 6.61 Å². The standard InChI is InChI=1S/C10H16O2/c1-10(2,3)7-12-9-5-4-8(11)6-9/h6H,4-5,7H2,1-3H3. The van der Waals surface area contributed by atoms with E-state index in [4.69, 9.17) is 4.74 Å². The molecule has 0 radical (unpaired) electrons. The third kappa shape index (κ3) is 3.07. The fraction of sp³-hybridized carbons (Fsp3) is 0.700. The van der Waals surface area contributed by atoms with Crippen LogP contribution in [0.1, 0.15) is 33.6 Å². The second-order valence-corrected chi connectivity index (χ2v) is 4.43. The maximum absolute atomic E-state index is 10.8. The molecule has 2 heteroatoms. The fourth-order valence-corrected chi connectivity index (χ4v) is 0.993. The van der Waals surface area contributed by atoms with Gasteiger partial charge in [0.15, 0.2) is 5.78 Å². The molecule has 0 atom stereocenters. The topological polar surface area (TPSA) is 26.3 Å². The van der Waals surface area contributed by atoms with E-state index >= 15 is 0 Å². The number of rotatable bonds is 2. The van der Waals surface area contributed by atoms with Crippen LogP contribution in [-0.2, 0) is 9.53 Å². The summed E-state index contributed by atoms with van der Waals surface area (Å²) in [6, 6.07) is 0. The van der Waals surface area contributed by atoms with Gasteiger partial charge in [-0.3, -0.25) is 4.79 Å². The molecule has 1 rings (SSSR count). The Bertz CT molecular complexity index is 208. The minimum atomic E-state index is 0.173. The lowest BCUT2D eigenvalue weighted by molar-refractivity contribution is -0.114. The third-order valence-corrected chi connectivity index (χ3v) is 1.63. The summed E-state index contributed by atoms with van der Waals surface area (Å²) in [5.41, 5.74) is 0.173. The minimum absolute atomic E-state index is 0.173. The third-order valence-electron chi connectivity index (χ3n) is 1.63. The average molecular weight is 168 g/mol. The van der Waals surface area contributed by atoms with Gasteiger partial charge in [0.1, 0.15) is 0 Å². The Kier molecular flexibility index (Phi) is 2.55. The van der Waals surface area contributed by atoms with Crippen molar-refractivity contribution in [2.45, 2.75) is 33.6 Å². The van der Waals surface area contributed by atoms with Crippen molar-refractivity contribution in [1.29, 1.82) is 0 Å². The van der Waals surface area contributed by atoms with Crippen LogP contribution in [0, 0.1) is 5.41 Å². The van der Waals surface area contributed by atoms with E-state index in [1.54, 1.807) is 6.08 Å². The Hall–Kier alpha value is -0.790. The molecule has 0 aromatic rings. The molecule has 0 amide bonds. The molecule has 0 unspecified atom stereocenters. The first-order chi connectivity index (χ1) is 5.47. The highest BCUT2D eigenvalue weighted by Crippen LogP contribution is 2.20. The van der Waals surface area contributed by atoms with E-state index < -0.39 is 0 Å². The van der Waals surface area contributed by atoms with E-state index in [0.29, 0.717) is 13.0 Å². The lowest BCUT2D eigenvalue weighted by atomic mass is 9.99. The van der Waals surface area contributed by atoms with Gasteiger partial charge in [0, 0.05) is 18.9 Å². The summed E-state index contributed by atoms with van der Waals surface area (Å²) in [6.45, 7) is 7.03. The SMILES string of the molecule is CC(C)(C)COC1=CC(=O)CC1. The molecule has 0 bridgehead atoms. The molecule has 2 nitrogen and oxygen atoms in total. The van der Waals surface area contributed by atoms with Crippen molar-refractivity contribution in [3.05, 3.63) is 11.8 Å². The molecule has 1 aliphatic rings. The zero-order valence-corrected chi connectivity index (χ0v) is 8.02. The number of ketones is 1. The molecule has 0 fully saturated rings. The van der Waals surface area contributed by atoms with E-state index in [2.05, 4.69) is 20.8 Å². The maximum Gasteiger partial charge on any atom is 0.159 e. The Morgan fingerprint density at radius 2 is 2.08 bits per heavy atom. The lowest BCUT2D eigenvalue weighted by Crippen LogP contribution is -2.13. The Morgan fingerprint density at radius 1 is 1.42 bits per heavy atom. The second kappa shape index (κ2) is 3.30. The van der Waals surface area contributed by atoms with Gasteiger partial charge in [-0.2, -0.15) is 0 Å². The predicted octanol–water partition coefficient (Wildman–Crippen LogP) is 2.30. The van der Waals surface area contributed by atoms with Crippen LogP contribution in [0.15, 0.2) is 11.8 Å². The van der Waals surface area contributed by atoms with E-state index in [1.165, 1.54) is 0 Å². The number of carbonyl (C=O) groups is 1. The molecule has 0 saturated carbocycles. The molecule has 0 saturated heterocycles. The van der Waals surface area contributed by atoms with E-state index in [9.17, 15) is 4.79 Å². The normalized spacial score (nSPS) is 17.9. The quantitative estimate of drug-likeness (QED) is 0.632. The number of hydrogen-bond acceptors (Lipinski definition) is 2. The number of allylic oxidation sites excluding steroid dienone is 2. The Balaban J connectivity index is 2.34. The minimum Gasteiger partial charge on any atom is -0.497 e. The first-order valence-corrected chi connectivity index (χ1v) is 4.33. The van der Waals surface area contributed by atoms with E-state index in [1.807, 2.05) is 0 Å². The number of carbonyl (C=O) groups excluding carboxylic acids is 1. The predicted molar refractivity (Wildman–Crippen MR) is 47.7 cm³/mol. The van der Waals surface area contributed by atoms with E-state index in [-0.39, 0.29) is 11.2 Å². The van der Waals surface area contributed by atoms with Crippen molar-refractivity contribution < 1.29 is 9.53 Å². The second-order valence-electron chi connectivity index (χ2n) is 4.43. The summed E-state index contributed by atoms with van der Waals surface area (Å²) < 4.78 is 5.48. The fourth-order valence-electron chi connectivity index (χ4n) is 0.993. The van der Waals surface area contributed by atoms with Gasteiger partial charge < -0.3 is 4.74 Å². The van der Waals surface area contributed by atoms with Crippen LogP contribution in [0.5, 0.6) is 0 Å². The summed E-state index contributed by atoms with van der Waals surface area (Å²) >= 11 is 0. The van der Waals surface area contributed by atoms with Crippen molar-refractivity contribution >= 4 is 5.78 Å². The van der Waals surface area contributed by atoms with Crippen LogP contribution in [0.2, 0.25) is 0 Å². The van der Waals surface area contributed by atoms with Crippen molar-refractivity contribution in [3.63, 3.8) is 0 Å². The Morgan fingerprint density at radius 3 is 2.50 bits per heavy atom. The van der Waals surface area contributed by atoms with Crippen LogP contribution < -0.4 is 0 Å². The van der Waals surface area contributed by atoms with Gasteiger partial charge in [-0.05, 0) is 5.41 Å². The molecule has 1 aliphatic carbocycles. The molecule has 0 spiro atoms. The van der Waals surface area contributed by atoms with Gasteiger partial charge in [-0.1, -0.05) is 20.8 Å². The smallest absolute Gasteiger partial charge is 0.159 e. The van der Waals surface area contributed by atoms with Gasteiger partial charge in [0.25, 0.3) is 0 Å². The number of hydrogen-bond donors (Lipinski definition) is 0. The van der Waals surface area contributed by atoms with Gasteiger partial charge in [-0.25, -0.2) is 0 Å². The molecular weight excluding hydrogens is 152 g/mol. The number of ether oxygens (including phenoxy) is 1. The summed E-state index contributed by atoms with van der Waals surface area (Å²) in [6.07, 6.45) is 3.03. The summed E-state index contributed by atoms with van der Waals surface area (Å²) in [5, 5.41) is 0. The van der Waals surface area contributed by atoms with Crippen LogP contribution in [-0.4, -0.2) is 12.4 Å². The highest BCUT2D eigenvalue weighted by molar-refractivity contribution is 5.92. The van der Waals surface area contributed by atoms with E-state index in [0.717, 1.165) is 12.2 Å². The van der Waals surface area contributed by atoms with Crippen molar-refractivity contribution in [1.82, 2.24) is 0 Å². The summed E-state index contributed by atoms with van der Waals surface area (Å²) in [5.74, 6) is 1.05. The summed E-state index contributed by atoms with van der Waals surface area (Å²) in [4.78, 5) is 10.8. The van der Waals surface area contributed by atoms with Gasteiger partial charge in [0.05, 0.1) is 12.4 Å². The molecule has 0 aromatic carbocycles. The summed E-state index contributed by atoms with van der Waals surface area (Å²) in [7, 11) is 0. The molecule has 0 aromatic heterocycles.